The van der Waals surface area contributed by atoms with Crippen molar-refractivity contribution in [2.45, 2.75) is 38.0 Å². The number of carbonyl (C=O) groups is 1. The number of nitrogens with one attached hydrogen (secondary N) is 1. The van der Waals surface area contributed by atoms with Crippen molar-refractivity contribution in [3.63, 3.8) is 0 Å². The molecule has 1 fully saturated rings. The highest BCUT2D eigenvalue weighted by Gasteiger charge is 2.42. The topological polar surface area (TPSA) is 58.6 Å². The lowest BCUT2D eigenvalue weighted by molar-refractivity contribution is -0.145. The van der Waals surface area contributed by atoms with Crippen molar-refractivity contribution >= 4 is 5.97 Å². The van der Waals surface area contributed by atoms with E-state index < -0.39 is 18.1 Å². The molecule has 6 heteroatoms. The Labute approximate surface area is 109 Å². The Kier molecular flexibility index (Phi) is 3.71. The number of ether oxygens (including phenoxy) is 1. The van der Waals surface area contributed by atoms with Gasteiger partial charge in [-0.15, -0.1) is 0 Å². The van der Waals surface area contributed by atoms with Gasteiger partial charge in [-0.1, -0.05) is 18.2 Å². The van der Waals surface area contributed by atoms with Crippen molar-refractivity contribution in [1.29, 1.82) is 0 Å². The van der Waals surface area contributed by atoms with E-state index >= 15 is 0 Å². The lowest BCUT2D eigenvalue weighted by Gasteiger charge is -2.28. The van der Waals surface area contributed by atoms with E-state index in [1.807, 2.05) is 0 Å². The first-order chi connectivity index (χ1) is 8.93. The SMILES string of the molecule is CC(NC1CC1)(C(=O)O)c1ccccc1OC(F)F. The number of halogens is 2. The molecule has 0 bridgehead atoms. The van der Waals surface area contributed by atoms with Gasteiger partial charge in [0.2, 0.25) is 0 Å². The van der Waals surface area contributed by atoms with Crippen LogP contribution < -0.4 is 10.1 Å². The van der Waals surface area contributed by atoms with E-state index in [9.17, 15) is 18.7 Å². The number of hydrogen-bond donors (Lipinski definition) is 2. The summed E-state index contributed by atoms with van der Waals surface area (Å²) in [7, 11) is 0. The Bertz CT molecular complexity index is 477. The lowest BCUT2D eigenvalue weighted by atomic mass is 9.91. The van der Waals surface area contributed by atoms with Gasteiger partial charge < -0.3 is 9.84 Å². The van der Waals surface area contributed by atoms with Gasteiger partial charge >= 0.3 is 12.6 Å². The van der Waals surface area contributed by atoms with Gasteiger partial charge in [-0.3, -0.25) is 5.32 Å². The molecule has 1 atom stereocenters. The summed E-state index contributed by atoms with van der Waals surface area (Å²) in [5, 5.41) is 12.4. The smallest absolute Gasteiger partial charge is 0.387 e. The zero-order valence-corrected chi connectivity index (χ0v) is 10.4. The predicted molar refractivity (Wildman–Crippen MR) is 64.2 cm³/mol. The minimum absolute atomic E-state index is 0.112. The Hall–Kier alpha value is -1.69. The summed E-state index contributed by atoms with van der Waals surface area (Å²) in [5.41, 5.74) is -1.23. The molecule has 0 amide bonds. The van der Waals surface area contributed by atoms with Crippen LogP contribution in [-0.2, 0) is 10.3 Å². The van der Waals surface area contributed by atoms with Crippen molar-refractivity contribution in [3.05, 3.63) is 29.8 Å². The number of rotatable bonds is 6. The van der Waals surface area contributed by atoms with Crippen LogP contribution in [0, 0.1) is 0 Å². The maximum Gasteiger partial charge on any atom is 0.387 e. The molecule has 0 saturated heterocycles. The summed E-state index contributed by atoms with van der Waals surface area (Å²) in [6.07, 6.45) is 1.78. The Morgan fingerprint density at radius 1 is 1.47 bits per heavy atom. The third kappa shape index (κ3) is 3.01. The zero-order valence-electron chi connectivity index (χ0n) is 10.4. The minimum Gasteiger partial charge on any atom is -0.480 e. The molecule has 0 heterocycles. The van der Waals surface area contributed by atoms with Crippen molar-refractivity contribution in [2.75, 3.05) is 0 Å². The highest BCUT2D eigenvalue weighted by molar-refractivity contribution is 5.81. The van der Waals surface area contributed by atoms with E-state index in [0.29, 0.717) is 0 Å². The quantitative estimate of drug-likeness (QED) is 0.833. The van der Waals surface area contributed by atoms with Crippen molar-refractivity contribution in [3.8, 4) is 5.75 Å². The molecule has 0 aliphatic heterocycles. The average molecular weight is 271 g/mol. The van der Waals surface area contributed by atoms with E-state index in [4.69, 9.17) is 0 Å². The first-order valence-corrected chi connectivity index (χ1v) is 5.99. The van der Waals surface area contributed by atoms with Crippen molar-refractivity contribution < 1.29 is 23.4 Å². The second kappa shape index (κ2) is 5.13. The number of para-hydroxylation sites is 1. The monoisotopic (exact) mass is 271 g/mol. The molecule has 104 valence electrons. The van der Waals surface area contributed by atoms with Crippen LogP contribution in [0.4, 0.5) is 8.78 Å². The fraction of sp³-hybridized carbons (Fsp3) is 0.462. The molecule has 19 heavy (non-hydrogen) atoms. The molecule has 1 aliphatic rings. The van der Waals surface area contributed by atoms with Crippen LogP contribution in [0.15, 0.2) is 24.3 Å². The maximum atomic E-state index is 12.4. The summed E-state index contributed by atoms with van der Waals surface area (Å²) in [5.74, 6) is -1.24. The molecule has 2 N–H and O–H groups in total. The van der Waals surface area contributed by atoms with E-state index in [1.54, 1.807) is 6.07 Å². The molecular weight excluding hydrogens is 256 g/mol. The first kappa shape index (κ1) is 13.7. The van der Waals surface area contributed by atoms with E-state index in [-0.39, 0.29) is 17.4 Å². The summed E-state index contributed by atoms with van der Waals surface area (Å²) in [4.78, 5) is 11.5. The third-order valence-corrected chi connectivity index (χ3v) is 3.14. The molecule has 4 nitrogen and oxygen atoms in total. The van der Waals surface area contributed by atoms with Crippen LogP contribution in [0.3, 0.4) is 0 Å². The maximum absolute atomic E-state index is 12.4. The second-order valence-electron chi connectivity index (χ2n) is 4.72. The van der Waals surface area contributed by atoms with Gasteiger partial charge in [-0.05, 0) is 25.8 Å². The number of aliphatic carboxylic acids is 1. The Morgan fingerprint density at radius 3 is 2.63 bits per heavy atom. The highest BCUT2D eigenvalue weighted by Crippen LogP contribution is 2.34. The number of hydrogen-bond acceptors (Lipinski definition) is 3. The van der Waals surface area contributed by atoms with Crippen molar-refractivity contribution in [2.24, 2.45) is 0 Å². The summed E-state index contributed by atoms with van der Waals surface area (Å²) in [6, 6.07) is 6.07. The first-order valence-electron chi connectivity index (χ1n) is 5.99. The molecule has 2 rings (SSSR count). The van der Waals surface area contributed by atoms with E-state index in [2.05, 4.69) is 10.1 Å². The van der Waals surface area contributed by atoms with Crippen LogP contribution in [0.25, 0.3) is 0 Å². The number of benzene rings is 1. The molecule has 1 saturated carbocycles. The second-order valence-corrected chi connectivity index (χ2v) is 4.72. The highest BCUT2D eigenvalue weighted by atomic mass is 19.3. The summed E-state index contributed by atoms with van der Waals surface area (Å²) >= 11 is 0. The molecular formula is C13H15F2NO3. The molecule has 1 aromatic rings. The predicted octanol–water partition coefficient (Wildman–Crippen LogP) is 2.34. The van der Waals surface area contributed by atoms with Gasteiger partial charge in [0.15, 0.2) is 0 Å². The van der Waals surface area contributed by atoms with Crippen LogP contribution >= 0.6 is 0 Å². The van der Waals surface area contributed by atoms with Gasteiger partial charge in [0.25, 0.3) is 0 Å². The number of carboxylic acid groups (broad SMARTS) is 1. The van der Waals surface area contributed by atoms with Gasteiger partial charge in [-0.25, -0.2) is 4.79 Å². The summed E-state index contributed by atoms with van der Waals surface area (Å²) < 4.78 is 29.2. The molecule has 0 radical (unpaired) electrons. The zero-order chi connectivity index (χ0) is 14.0. The van der Waals surface area contributed by atoms with Gasteiger partial charge in [0, 0.05) is 11.6 Å². The fourth-order valence-electron chi connectivity index (χ4n) is 1.97. The largest absolute Gasteiger partial charge is 0.480 e. The van der Waals surface area contributed by atoms with Gasteiger partial charge in [-0.2, -0.15) is 8.78 Å². The van der Waals surface area contributed by atoms with Gasteiger partial charge in [0.05, 0.1) is 0 Å². The normalized spacial score (nSPS) is 18.1. The third-order valence-electron chi connectivity index (χ3n) is 3.14. The molecule has 0 aromatic heterocycles. The van der Waals surface area contributed by atoms with Crippen LogP contribution in [0.5, 0.6) is 5.75 Å². The molecule has 0 spiro atoms. The van der Waals surface area contributed by atoms with Crippen molar-refractivity contribution in [1.82, 2.24) is 5.32 Å². The Morgan fingerprint density at radius 2 is 2.11 bits per heavy atom. The van der Waals surface area contributed by atoms with E-state index in [0.717, 1.165) is 12.8 Å². The van der Waals surface area contributed by atoms with Gasteiger partial charge in [0.1, 0.15) is 11.3 Å². The fourth-order valence-corrected chi connectivity index (χ4v) is 1.97. The molecule has 1 unspecified atom stereocenters. The standard InChI is InChI=1S/C13H15F2NO3/c1-13(11(17)18,16-8-6-7-8)9-4-2-3-5-10(9)19-12(14)15/h2-5,8,12,16H,6-7H2,1H3,(H,17,18). The average Bonchev–Trinajstić information content (AvgIpc) is 3.12. The molecule has 1 aromatic carbocycles. The number of alkyl halides is 2. The van der Waals surface area contributed by atoms with E-state index in [1.165, 1.54) is 25.1 Å². The lowest BCUT2D eigenvalue weighted by Crippen LogP contribution is -2.48. The van der Waals surface area contributed by atoms with Crippen LogP contribution in [0.1, 0.15) is 25.3 Å². The molecule has 1 aliphatic carbocycles. The Balaban J connectivity index is 2.37. The number of carboxylic acids is 1. The van der Waals surface area contributed by atoms with Crippen LogP contribution in [0.2, 0.25) is 0 Å². The van der Waals surface area contributed by atoms with Crippen LogP contribution in [-0.4, -0.2) is 23.7 Å². The summed E-state index contributed by atoms with van der Waals surface area (Å²) in [6.45, 7) is -1.53. The minimum atomic E-state index is -2.99.